The van der Waals surface area contributed by atoms with E-state index in [9.17, 15) is 4.79 Å². The number of benzene rings is 2. The molecule has 0 atom stereocenters. The molecule has 0 saturated heterocycles. The minimum absolute atomic E-state index is 0.0414. The average molecular weight is 306 g/mol. The first kappa shape index (κ1) is 14.5. The van der Waals surface area contributed by atoms with E-state index >= 15 is 0 Å². The molecule has 0 spiro atoms. The van der Waals surface area contributed by atoms with Gasteiger partial charge in [0.25, 0.3) is 0 Å². The van der Waals surface area contributed by atoms with Gasteiger partial charge in [-0.15, -0.1) is 0 Å². The van der Waals surface area contributed by atoms with Gasteiger partial charge in [-0.2, -0.15) is 0 Å². The number of ether oxygens (including phenoxy) is 1. The number of aromatic nitrogens is 1. The fraction of sp³-hybridized carbons (Fsp3) is 0. The van der Waals surface area contributed by atoms with E-state index in [0.717, 1.165) is 10.8 Å². The zero-order chi connectivity index (χ0) is 16.2. The minimum atomic E-state index is -0.495. The van der Waals surface area contributed by atoms with Gasteiger partial charge >= 0.3 is 5.97 Å². The minimum Gasteiger partial charge on any atom is -0.403 e. The number of guanidine groups is 1. The number of nitrogens with two attached hydrogens (primary N) is 2. The molecule has 1 aromatic heterocycles. The molecule has 23 heavy (non-hydrogen) atoms. The van der Waals surface area contributed by atoms with Crippen LogP contribution < -0.4 is 16.2 Å². The van der Waals surface area contributed by atoms with Crippen LogP contribution in [0.2, 0.25) is 0 Å². The van der Waals surface area contributed by atoms with Crippen molar-refractivity contribution in [2.45, 2.75) is 0 Å². The summed E-state index contributed by atoms with van der Waals surface area (Å²) in [5.74, 6) is -0.258. The van der Waals surface area contributed by atoms with Crippen LogP contribution in [0.25, 0.3) is 10.8 Å². The number of hydrogen-bond acceptors (Lipinski definition) is 4. The molecule has 0 aliphatic heterocycles. The Balaban J connectivity index is 1.85. The highest BCUT2D eigenvalue weighted by Crippen LogP contribution is 2.23. The van der Waals surface area contributed by atoms with Gasteiger partial charge in [0.2, 0.25) is 5.88 Å². The molecule has 3 aromatic rings. The third kappa shape index (κ3) is 3.26. The molecule has 0 unspecified atom stereocenters. The SMILES string of the molecule is NC(N)=Nc1ccc(C(=O)Oc2nccc3ccccc23)cc1. The molecule has 4 N–H and O–H groups in total. The first-order valence-corrected chi connectivity index (χ1v) is 6.89. The third-order valence-electron chi connectivity index (χ3n) is 3.19. The van der Waals surface area contributed by atoms with Crippen LogP contribution in [-0.2, 0) is 0 Å². The number of fused-ring (bicyclic) bond motifs is 1. The number of rotatable bonds is 3. The smallest absolute Gasteiger partial charge is 0.344 e. The monoisotopic (exact) mass is 306 g/mol. The average Bonchev–Trinajstić information content (AvgIpc) is 2.55. The normalized spacial score (nSPS) is 10.3. The third-order valence-corrected chi connectivity index (χ3v) is 3.19. The van der Waals surface area contributed by atoms with Crippen LogP contribution in [0, 0.1) is 0 Å². The van der Waals surface area contributed by atoms with E-state index in [1.54, 1.807) is 30.5 Å². The Morgan fingerprint density at radius 1 is 1.00 bits per heavy atom. The fourth-order valence-electron chi connectivity index (χ4n) is 2.14. The lowest BCUT2D eigenvalue weighted by molar-refractivity contribution is 0.0730. The van der Waals surface area contributed by atoms with Gasteiger partial charge in [-0.3, -0.25) is 0 Å². The Labute approximate surface area is 132 Å². The van der Waals surface area contributed by atoms with Crippen LogP contribution in [0.4, 0.5) is 5.69 Å². The van der Waals surface area contributed by atoms with Crippen LogP contribution >= 0.6 is 0 Å². The fourth-order valence-corrected chi connectivity index (χ4v) is 2.14. The summed E-state index contributed by atoms with van der Waals surface area (Å²) in [5, 5.41) is 1.73. The van der Waals surface area contributed by atoms with E-state index in [2.05, 4.69) is 9.98 Å². The van der Waals surface area contributed by atoms with E-state index in [-0.39, 0.29) is 11.8 Å². The van der Waals surface area contributed by atoms with Gasteiger partial charge in [-0.05, 0) is 41.8 Å². The number of esters is 1. The molecule has 0 fully saturated rings. The molecule has 1 heterocycles. The highest BCUT2D eigenvalue weighted by atomic mass is 16.5. The Kier molecular flexibility index (Phi) is 3.88. The van der Waals surface area contributed by atoms with Gasteiger partial charge in [-0.25, -0.2) is 14.8 Å². The molecule has 0 saturated carbocycles. The maximum Gasteiger partial charge on any atom is 0.344 e. The molecule has 0 radical (unpaired) electrons. The molecular weight excluding hydrogens is 292 g/mol. The quantitative estimate of drug-likeness (QED) is 0.439. The second-order valence-electron chi connectivity index (χ2n) is 4.81. The van der Waals surface area contributed by atoms with Crippen LogP contribution in [0.15, 0.2) is 65.8 Å². The van der Waals surface area contributed by atoms with Crippen molar-refractivity contribution in [3.63, 3.8) is 0 Å². The van der Waals surface area contributed by atoms with Crippen LogP contribution in [-0.4, -0.2) is 16.9 Å². The number of carbonyl (C=O) groups excluding carboxylic acids is 1. The van der Waals surface area contributed by atoms with Crippen LogP contribution in [0.1, 0.15) is 10.4 Å². The van der Waals surface area contributed by atoms with Gasteiger partial charge in [0.05, 0.1) is 11.3 Å². The predicted octanol–water partition coefficient (Wildman–Crippen LogP) is 2.36. The summed E-state index contributed by atoms with van der Waals surface area (Å²) in [5.41, 5.74) is 11.6. The summed E-state index contributed by atoms with van der Waals surface area (Å²) in [6.45, 7) is 0. The van der Waals surface area contributed by atoms with Gasteiger partial charge < -0.3 is 16.2 Å². The van der Waals surface area contributed by atoms with Gasteiger partial charge in [0, 0.05) is 11.6 Å². The molecule has 3 rings (SSSR count). The molecular formula is C17H14N4O2. The highest BCUT2D eigenvalue weighted by Gasteiger charge is 2.11. The van der Waals surface area contributed by atoms with Gasteiger partial charge in [-0.1, -0.05) is 18.2 Å². The number of hydrogen-bond donors (Lipinski definition) is 2. The van der Waals surface area contributed by atoms with Gasteiger partial charge in [0.1, 0.15) is 0 Å². The van der Waals surface area contributed by atoms with E-state index in [4.69, 9.17) is 16.2 Å². The Morgan fingerprint density at radius 3 is 2.48 bits per heavy atom. The lowest BCUT2D eigenvalue weighted by Crippen LogP contribution is -2.21. The number of aliphatic imine (C=N–C) groups is 1. The summed E-state index contributed by atoms with van der Waals surface area (Å²) in [7, 11) is 0. The summed E-state index contributed by atoms with van der Waals surface area (Å²) in [6, 6.07) is 15.9. The first-order valence-electron chi connectivity index (χ1n) is 6.89. The van der Waals surface area contributed by atoms with Gasteiger partial charge in [0.15, 0.2) is 5.96 Å². The second-order valence-corrected chi connectivity index (χ2v) is 4.81. The maximum atomic E-state index is 12.2. The number of nitrogens with zero attached hydrogens (tertiary/aromatic N) is 2. The predicted molar refractivity (Wildman–Crippen MR) is 88.6 cm³/mol. The summed E-state index contributed by atoms with van der Waals surface area (Å²) < 4.78 is 5.40. The molecule has 0 bridgehead atoms. The summed E-state index contributed by atoms with van der Waals surface area (Å²) >= 11 is 0. The van der Waals surface area contributed by atoms with E-state index in [0.29, 0.717) is 11.3 Å². The van der Waals surface area contributed by atoms with Crippen molar-refractivity contribution < 1.29 is 9.53 Å². The Bertz CT molecular complexity index is 879. The van der Waals surface area contributed by atoms with Crippen LogP contribution in [0.5, 0.6) is 5.88 Å². The maximum absolute atomic E-state index is 12.2. The standard InChI is InChI=1S/C17H14N4O2/c18-17(19)21-13-7-5-12(6-8-13)16(22)23-15-14-4-2-1-3-11(14)9-10-20-15/h1-10H,(H4,18,19,21). The first-order chi connectivity index (χ1) is 11.1. The van der Waals surface area contributed by atoms with Crippen LogP contribution in [0.3, 0.4) is 0 Å². The molecule has 114 valence electrons. The van der Waals surface area contributed by atoms with Crippen molar-refractivity contribution >= 4 is 28.4 Å². The van der Waals surface area contributed by atoms with Crippen molar-refractivity contribution in [1.29, 1.82) is 0 Å². The lowest BCUT2D eigenvalue weighted by atomic mass is 10.2. The molecule has 2 aromatic carbocycles. The summed E-state index contributed by atoms with van der Waals surface area (Å²) in [4.78, 5) is 20.3. The van der Waals surface area contributed by atoms with Crippen molar-refractivity contribution in [1.82, 2.24) is 4.98 Å². The highest BCUT2D eigenvalue weighted by molar-refractivity contribution is 5.94. The molecule has 6 nitrogen and oxygen atoms in total. The van der Waals surface area contributed by atoms with Crippen molar-refractivity contribution in [3.05, 3.63) is 66.4 Å². The zero-order valence-corrected chi connectivity index (χ0v) is 12.1. The summed E-state index contributed by atoms with van der Waals surface area (Å²) in [6.07, 6.45) is 1.60. The second kappa shape index (κ2) is 6.15. The number of carbonyl (C=O) groups is 1. The van der Waals surface area contributed by atoms with Crippen molar-refractivity contribution in [2.75, 3.05) is 0 Å². The zero-order valence-electron chi connectivity index (χ0n) is 12.1. The molecule has 6 heteroatoms. The van der Waals surface area contributed by atoms with E-state index < -0.39 is 5.97 Å². The topological polar surface area (TPSA) is 104 Å². The largest absolute Gasteiger partial charge is 0.403 e. The van der Waals surface area contributed by atoms with Crippen molar-refractivity contribution in [3.8, 4) is 5.88 Å². The Morgan fingerprint density at radius 2 is 1.74 bits per heavy atom. The molecule has 0 amide bonds. The molecule has 0 aliphatic rings. The number of pyridine rings is 1. The van der Waals surface area contributed by atoms with Crippen molar-refractivity contribution in [2.24, 2.45) is 16.5 Å². The van der Waals surface area contributed by atoms with E-state index in [1.165, 1.54) is 0 Å². The lowest BCUT2D eigenvalue weighted by Gasteiger charge is -2.06. The van der Waals surface area contributed by atoms with E-state index in [1.807, 2.05) is 30.3 Å². The Hall–Kier alpha value is -3.41. The molecule has 0 aliphatic carbocycles.